The summed E-state index contributed by atoms with van der Waals surface area (Å²) in [5, 5.41) is 0. The molecule has 3 nitrogen and oxygen atoms in total. The van der Waals surface area contributed by atoms with Crippen molar-refractivity contribution in [3.8, 4) is 0 Å². The van der Waals surface area contributed by atoms with Crippen molar-refractivity contribution in [2.75, 3.05) is 19.6 Å². The average molecular weight is 281 g/mol. The monoisotopic (exact) mass is 281 g/mol. The van der Waals surface area contributed by atoms with Crippen molar-refractivity contribution in [1.82, 2.24) is 9.80 Å². The predicted molar refractivity (Wildman–Crippen MR) is 87.0 cm³/mol. The molecule has 2 rings (SSSR count). The summed E-state index contributed by atoms with van der Waals surface area (Å²) in [7, 11) is 0. The molecular formula is C17H35N3. The fourth-order valence-corrected chi connectivity index (χ4v) is 4.20. The van der Waals surface area contributed by atoms with Crippen molar-refractivity contribution in [2.45, 2.75) is 89.9 Å². The Hall–Kier alpha value is -0.120. The van der Waals surface area contributed by atoms with E-state index in [9.17, 15) is 0 Å². The molecule has 1 saturated carbocycles. The first kappa shape index (κ1) is 16.3. The molecule has 118 valence electrons. The zero-order valence-corrected chi connectivity index (χ0v) is 13.9. The zero-order chi connectivity index (χ0) is 14.5. The minimum absolute atomic E-state index is 0.468. The SMILES string of the molecule is CCN(C1CCC(N)CC1)C1CCCN(C(C)C)CC1. The maximum absolute atomic E-state index is 6.07. The molecule has 1 saturated heterocycles. The summed E-state index contributed by atoms with van der Waals surface area (Å²) < 4.78 is 0. The molecular weight excluding hydrogens is 246 g/mol. The van der Waals surface area contributed by atoms with Gasteiger partial charge in [-0.05, 0) is 78.4 Å². The minimum atomic E-state index is 0.468. The van der Waals surface area contributed by atoms with Gasteiger partial charge in [-0.2, -0.15) is 0 Å². The number of nitrogens with two attached hydrogens (primary N) is 1. The van der Waals surface area contributed by atoms with Gasteiger partial charge in [0, 0.05) is 24.2 Å². The fourth-order valence-electron chi connectivity index (χ4n) is 4.20. The van der Waals surface area contributed by atoms with Crippen LogP contribution in [0.3, 0.4) is 0 Å². The second kappa shape index (κ2) is 7.77. The summed E-state index contributed by atoms with van der Waals surface area (Å²) in [5.41, 5.74) is 6.07. The van der Waals surface area contributed by atoms with E-state index < -0.39 is 0 Å². The molecule has 0 spiro atoms. The summed E-state index contributed by atoms with van der Waals surface area (Å²) in [6.07, 6.45) is 9.20. The summed E-state index contributed by atoms with van der Waals surface area (Å²) in [6.45, 7) is 10.8. The maximum Gasteiger partial charge on any atom is 0.0111 e. The van der Waals surface area contributed by atoms with E-state index in [1.165, 1.54) is 64.6 Å². The standard InChI is InChI=1S/C17H35N3/c1-4-20(17-9-7-15(18)8-10-17)16-6-5-12-19(13-11-16)14(2)3/h14-17H,4-13,18H2,1-3H3. The highest BCUT2D eigenvalue weighted by atomic mass is 15.2. The third kappa shape index (κ3) is 4.19. The van der Waals surface area contributed by atoms with Crippen molar-refractivity contribution in [3.05, 3.63) is 0 Å². The van der Waals surface area contributed by atoms with Crippen molar-refractivity contribution >= 4 is 0 Å². The lowest BCUT2D eigenvalue weighted by Crippen LogP contribution is -2.46. The lowest BCUT2D eigenvalue weighted by molar-refractivity contribution is 0.0952. The highest BCUT2D eigenvalue weighted by molar-refractivity contribution is 4.86. The van der Waals surface area contributed by atoms with Gasteiger partial charge >= 0.3 is 0 Å². The van der Waals surface area contributed by atoms with Crippen LogP contribution in [0.5, 0.6) is 0 Å². The Labute approximate surface area is 125 Å². The summed E-state index contributed by atoms with van der Waals surface area (Å²) in [4.78, 5) is 5.47. The van der Waals surface area contributed by atoms with Crippen molar-refractivity contribution in [3.63, 3.8) is 0 Å². The van der Waals surface area contributed by atoms with E-state index in [0.717, 1.165) is 12.1 Å². The van der Waals surface area contributed by atoms with Crippen LogP contribution in [0.4, 0.5) is 0 Å². The van der Waals surface area contributed by atoms with Crippen LogP contribution in [-0.2, 0) is 0 Å². The van der Waals surface area contributed by atoms with E-state index in [1.807, 2.05) is 0 Å². The molecule has 1 atom stereocenters. The van der Waals surface area contributed by atoms with Crippen LogP contribution in [0, 0.1) is 0 Å². The third-order valence-electron chi connectivity index (χ3n) is 5.51. The van der Waals surface area contributed by atoms with Gasteiger partial charge in [0.05, 0.1) is 0 Å². The smallest absolute Gasteiger partial charge is 0.0111 e. The Morgan fingerprint density at radius 3 is 2.25 bits per heavy atom. The zero-order valence-electron chi connectivity index (χ0n) is 13.9. The number of nitrogens with zero attached hydrogens (tertiary/aromatic N) is 2. The molecule has 20 heavy (non-hydrogen) atoms. The maximum atomic E-state index is 6.07. The van der Waals surface area contributed by atoms with Gasteiger partial charge in [0.15, 0.2) is 0 Å². The van der Waals surface area contributed by atoms with E-state index in [2.05, 4.69) is 30.6 Å². The largest absolute Gasteiger partial charge is 0.328 e. The summed E-state index contributed by atoms with van der Waals surface area (Å²) in [6, 6.07) is 2.78. The van der Waals surface area contributed by atoms with E-state index in [0.29, 0.717) is 12.1 Å². The molecule has 1 aliphatic heterocycles. The molecule has 0 radical (unpaired) electrons. The van der Waals surface area contributed by atoms with Crippen LogP contribution < -0.4 is 5.73 Å². The first-order chi connectivity index (χ1) is 9.61. The topological polar surface area (TPSA) is 32.5 Å². The third-order valence-corrected chi connectivity index (χ3v) is 5.51. The Balaban J connectivity index is 1.90. The Morgan fingerprint density at radius 1 is 1.00 bits per heavy atom. The van der Waals surface area contributed by atoms with E-state index in [4.69, 9.17) is 5.73 Å². The predicted octanol–water partition coefficient (Wildman–Crippen LogP) is 2.84. The van der Waals surface area contributed by atoms with Gasteiger partial charge in [0.25, 0.3) is 0 Å². The van der Waals surface area contributed by atoms with Gasteiger partial charge in [0.1, 0.15) is 0 Å². The second-order valence-electron chi connectivity index (χ2n) is 7.11. The minimum Gasteiger partial charge on any atom is -0.328 e. The number of hydrogen-bond acceptors (Lipinski definition) is 3. The number of likely N-dealkylation sites (tertiary alicyclic amines) is 1. The van der Waals surface area contributed by atoms with Gasteiger partial charge in [-0.3, -0.25) is 4.90 Å². The lowest BCUT2D eigenvalue weighted by atomic mass is 9.89. The molecule has 0 aromatic carbocycles. The normalized spacial score (nSPS) is 33.6. The van der Waals surface area contributed by atoms with E-state index in [1.54, 1.807) is 0 Å². The highest BCUT2D eigenvalue weighted by Crippen LogP contribution is 2.27. The molecule has 0 bridgehead atoms. The van der Waals surface area contributed by atoms with Gasteiger partial charge in [-0.25, -0.2) is 0 Å². The average Bonchev–Trinajstić information content (AvgIpc) is 2.68. The van der Waals surface area contributed by atoms with Crippen molar-refractivity contribution < 1.29 is 0 Å². The van der Waals surface area contributed by atoms with Gasteiger partial charge in [0.2, 0.25) is 0 Å². The quantitative estimate of drug-likeness (QED) is 0.860. The number of hydrogen-bond donors (Lipinski definition) is 1. The summed E-state index contributed by atoms with van der Waals surface area (Å²) in [5.74, 6) is 0. The molecule has 1 aliphatic carbocycles. The van der Waals surface area contributed by atoms with Crippen LogP contribution in [0.1, 0.15) is 65.7 Å². The Morgan fingerprint density at radius 2 is 1.65 bits per heavy atom. The molecule has 0 aromatic heterocycles. The van der Waals surface area contributed by atoms with Crippen LogP contribution in [-0.4, -0.2) is 53.6 Å². The number of rotatable bonds is 4. The molecule has 3 heteroatoms. The molecule has 0 aromatic rings. The molecule has 2 N–H and O–H groups in total. The Bertz CT molecular complexity index is 271. The van der Waals surface area contributed by atoms with Crippen molar-refractivity contribution in [2.24, 2.45) is 5.73 Å². The molecule has 1 unspecified atom stereocenters. The first-order valence-corrected chi connectivity index (χ1v) is 8.87. The van der Waals surface area contributed by atoms with E-state index >= 15 is 0 Å². The fraction of sp³-hybridized carbons (Fsp3) is 1.00. The summed E-state index contributed by atoms with van der Waals surface area (Å²) >= 11 is 0. The van der Waals surface area contributed by atoms with Gasteiger partial charge in [-0.15, -0.1) is 0 Å². The van der Waals surface area contributed by atoms with Crippen molar-refractivity contribution in [1.29, 1.82) is 0 Å². The molecule has 0 amide bonds. The van der Waals surface area contributed by atoms with Crippen LogP contribution in [0.25, 0.3) is 0 Å². The molecule has 2 fully saturated rings. The Kier molecular flexibility index (Phi) is 6.31. The molecule has 2 aliphatic rings. The second-order valence-corrected chi connectivity index (χ2v) is 7.11. The van der Waals surface area contributed by atoms with Gasteiger partial charge in [-0.1, -0.05) is 6.92 Å². The van der Waals surface area contributed by atoms with Crippen LogP contribution >= 0.6 is 0 Å². The van der Waals surface area contributed by atoms with Crippen LogP contribution in [0.2, 0.25) is 0 Å². The first-order valence-electron chi connectivity index (χ1n) is 8.87. The van der Waals surface area contributed by atoms with Gasteiger partial charge < -0.3 is 10.6 Å². The van der Waals surface area contributed by atoms with Crippen LogP contribution in [0.15, 0.2) is 0 Å². The molecule has 1 heterocycles. The highest BCUT2D eigenvalue weighted by Gasteiger charge is 2.29. The van der Waals surface area contributed by atoms with E-state index in [-0.39, 0.29) is 0 Å². The lowest BCUT2D eigenvalue weighted by Gasteiger charge is -2.40.